The Balaban J connectivity index is 1.61. The summed E-state index contributed by atoms with van der Waals surface area (Å²) in [6.45, 7) is 0.979. The molecular formula is C17H21N3O3S. The van der Waals surface area contributed by atoms with Crippen LogP contribution in [0.4, 0.5) is 4.79 Å². The molecule has 7 heteroatoms. The molecule has 6 nitrogen and oxygen atoms in total. The normalized spacial score (nSPS) is 20.1. The van der Waals surface area contributed by atoms with Crippen molar-refractivity contribution in [2.45, 2.75) is 25.4 Å². The van der Waals surface area contributed by atoms with Crippen LogP contribution < -0.4 is 5.32 Å². The van der Waals surface area contributed by atoms with Gasteiger partial charge in [-0.15, -0.1) is 0 Å². The molecule has 4 amide bonds. The predicted molar refractivity (Wildman–Crippen MR) is 92.6 cm³/mol. The number of amides is 4. The lowest BCUT2D eigenvalue weighted by Crippen LogP contribution is -2.45. The Kier molecular flexibility index (Phi) is 5.08. The van der Waals surface area contributed by atoms with E-state index in [9.17, 15) is 14.4 Å². The van der Waals surface area contributed by atoms with Crippen LogP contribution in [0.15, 0.2) is 24.3 Å². The van der Waals surface area contributed by atoms with Crippen molar-refractivity contribution in [1.82, 2.24) is 15.1 Å². The molecule has 0 bridgehead atoms. The average Bonchev–Trinajstić information content (AvgIpc) is 2.87. The summed E-state index contributed by atoms with van der Waals surface area (Å²) in [5.41, 5.74) is 2.39. The highest BCUT2D eigenvalue weighted by molar-refractivity contribution is 7.98. The number of benzene rings is 1. The van der Waals surface area contributed by atoms with Crippen LogP contribution in [0.3, 0.4) is 0 Å². The monoisotopic (exact) mass is 347 g/mol. The van der Waals surface area contributed by atoms with Crippen molar-refractivity contribution >= 4 is 29.6 Å². The lowest BCUT2D eigenvalue weighted by atomic mass is 10.00. The summed E-state index contributed by atoms with van der Waals surface area (Å²) in [6.07, 6.45) is 3.35. The van der Waals surface area contributed by atoms with Crippen molar-refractivity contribution in [2.75, 3.05) is 25.1 Å². The van der Waals surface area contributed by atoms with Gasteiger partial charge in [-0.25, -0.2) is 4.79 Å². The molecule has 0 saturated carbocycles. The minimum atomic E-state index is -0.500. The van der Waals surface area contributed by atoms with Gasteiger partial charge in [0, 0.05) is 13.1 Å². The largest absolute Gasteiger partial charge is 0.336 e. The van der Waals surface area contributed by atoms with Crippen LogP contribution in [0.1, 0.15) is 17.5 Å². The molecule has 0 unspecified atom stereocenters. The van der Waals surface area contributed by atoms with Gasteiger partial charge in [0.25, 0.3) is 5.91 Å². The third-order valence-electron chi connectivity index (χ3n) is 4.49. The number of nitrogens with one attached hydrogen (secondary N) is 1. The molecule has 2 heterocycles. The van der Waals surface area contributed by atoms with Gasteiger partial charge in [0.1, 0.15) is 12.6 Å². The highest BCUT2D eigenvalue weighted by Gasteiger charge is 2.39. The molecule has 2 aliphatic heterocycles. The van der Waals surface area contributed by atoms with Crippen molar-refractivity contribution in [2.24, 2.45) is 0 Å². The van der Waals surface area contributed by atoms with E-state index in [-0.39, 0.29) is 18.4 Å². The van der Waals surface area contributed by atoms with Gasteiger partial charge in [-0.05, 0) is 36.0 Å². The van der Waals surface area contributed by atoms with E-state index >= 15 is 0 Å². The first-order valence-corrected chi connectivity index (χ1v) is 9.45. The predicted octanol–water partition coefficient (Wildman–Crippen LogP) is 1.24. The molecule has 1 N–H and O–H groups in total. The standard InChI is InChI=1S/C17H21N3O3S/c1-24-9-7-14-16(22)20(17(23)18-14)11-15(21)19-8-6-12-4-2-3-5-13(12)10-19/h2-5,14H,6-11H2,1H3,(H,18,23)/t14-/m0/s1. The van der Waals surface area contributed by atoms with E-state index in [0.29, 0.717) is 19.5 Å². The van der Waals surface area contributed by atoms with Crippen LogP contribution in [0.25, 0.3) is 0 Å². The van der Waals surface area contributed by atoms with Gasteiger partial charge in [-0.3, -0.25) is 14.5 Å². The van der Waals surface area contributed by atoms with E-state index in [0.717, 1.165) is 22.6 Å². The Bertz CT molecular complexity index is 664. The van der Waals surface area contributed by atoms with E-state index < -0.39 is 12.1 Å². The molecule has 0 aliphatic carbocycles. The zero-order chi connectivity index (χ0) is 17.1. The molecule has 0 radical (unpaired) electrons. The number of rotatable bonds is 5. The maximum atomic E-state index is 12.5. The van der Waals surface area contributed by atoms with Gasteiger partial charge in [0.05, 0.1) is 0 Å². The van der Waals surface area contributed by atoms with E-state index in [1.165, 1.54) is 5.56 Å². The Morgan fingerprint density at radius 3 is 2.79 bits per heavy atom. The average molecular weight is 347 g/mol. The fourth-order valence-electron chi connectivity index (χ4n) is 3.10. The molecule has 2 aliphatic rings. The molecule has 1 aromatic carbocycles. The van der Waals surface area contributed by atoms with Gasteiger partial charge < -0.3 is 10.2 Å². The summed E-state index contributed by atoms with van der Waals surface area (Å²) in [5, 5.41) is 2.67. The van der Waals surface area contributed by atoms with E-state index in [1.807, 2.05) is 24.5 Å². The number of imide groups is 1. The van der Waals surface area contributed by atoms with Crippen molar-refractivity contribution < 1.29 is 14.4 Å². The number of nitrogens with zero attached hydrogens (tertiary/aromatic N) is 2. The van der Waals surface area contributed by atoms with Crippen molar-refractivity contribution in [3.63, 3.8) is 0 Å². The molecule has 128 valence electrons. The number of hydrogen-bond donors (Lipinski definition) is 1. The number of hydrogen-bond acceptors (Lipinski definition) is 4. The van der Waals surface area contributed by atoms with E-state index in [4.69, 9.17) is 0 Å². The molecule has 3 rings (SSSR count). The van der Waals surface area contributed by atoms with Crippen LogP contribution in [0.5, 0.6) is 0 Å². The van der Waals surface area contributed by atoms with Gasteiger partial charge in [0.15, 0.2) is 0 Å². The number of carbonyl (C=O) groups excluding carboxylic acids is 3. The molecule has 1 saturated heterocycles. The number of carbonyl (C=O) groups is 3. The maximum absolute atomic E-state index is 12.5. The number of fused-ring (bicyclic) bond motifs is 1. The van der Waals surface area contributed by atoms with Crippen molar-refractivity contribution in [3.8, 4) is 0 Å². The van der Waals surface area contributed by atoms with Crippen LogP contribution in [-0.4, -0.2) is 58.8 Å². The first kappa shape index (κ1) is 16.8. The van der Waals surface area contributed by atoms with Crippen LogP contribution in [0, 0.1) is 0 Å². The maximum Gasteiger partial charge on any atom is 0.325 e. The zero-order valence-corrected chi connectivity index (χ0v) is 14.5. The van der Waals surface area contributed by atoms with Crippen LogP contribution in [0.2, 0.25) is 0 Å². The summed E-state index contributed by atoms with van der Waals surface area (Å²) in [6, 6.07) is 7.08. The summed E-state index contributed by atoms with van der Waals surface area (Å²) in [7, 11) is 0. The SMILES string of the molecule is CSCC[C@@H]1NC(=O)N(CC(=O)N2CCc3ccccc3C2)C1=O. The van der Waals surface area contributed by atoms with E-state index in [1.54, 1.807) is 16.7 Å². The Hall–Kier alpha value is -2.02. The van der Waals surface area contributed by atoms with Crippen molar-refractivity contribution in [1.29, 1.82) is 0 Å². The zero-order valence-electron chi connectivity index (χ0n) is 13.7. The first-order chi connectivity index (χ1) is 11.6. The second kappa shape index (κ2) is 7.25. The molecular weight excluding hydrogens is 326 g/mol. The Morgan fingerprint density at radius 1 is 1.29 bits per heavy atom. The lowest BCUT2D eigenvalue weighted by Gasteiger charge is -2.29. The van der Waals surface area contributed by atoms with E-state index in [2.05, 4.69) is 11.4 Å². The molecule has 0 aromatic heterocycles. The fourth-order valence-corrected chi connectivity index (χ4v) is 3.57. The summed E-state index contributed by atoms with van der Waals surface area (Å²) >= 11 is 1.63. The lowest BCUT2D eigenvalue weighted by molar-refractivity contribution is -0.138. The second-order valence-electron chi connectivity index (χ2n) is 6.04. The van der Waals surface area contributed by atoms with Crippen LogP contribution in [-0.2, 0) is 22.6 Å². The highest BCUT2D eigenvalue weighted by Crippen LogP contribution is 2.19. The van der Waals surface area contributed by atoms with Crippen LogP contribution >= 0.6 is 11.8 Å². The van der Waals surface area contributed by atoms with Gasteiger partial charge in [-0.1, -0.05) is 24.3 Å². The number of urea groups is 1. The van der Waals surface area contributed by atoms with Gasteiger partial charge in [0.2, 0.25) is 5.91 Å². The quantitative estimate of drug-likeness (QED) is 0.814. The minimum Gasteiger partial charge on any atom is -0.336 e. The third kappa shape index (κ3) is 3.40. The third-order valence-corrected chi connectivity index (χ3v) is 5.14. The molecule has 1 atom stereocenters. The highest BCUT2D eigenvalue weighted by atomic mass is 32.2. The second-order valence-corrected chi connectivity index (χ2v) is 7.03. The topological polar surface area (TPSA) is 69.7 Å². The first-order valence-electron chi connectivity index (χ1n) is 8.05. The Labute approximate surface area is 145 Å². The molecule has 1 aromatic rings. The summed E-state index contributed by atoms with van der Waals surface area (Å²) < 4.78 is 0. The smallest absolute Gasteiger partial charge is 0.325 e. The Morgan fingerprint density at radius 2 is 2.04 bits per heavy atom. The number of thioether (sulfide) groups is 1. The molecule has 24 heavy (non-hydrogen) atoms. The summed E-state index contributed by atoms with van der Waals surface area (Å²) in [4.78, 5) is 39.6. The fraction of sp³-hybridized carbons (Fsp3) is 0.471. The van der Waals surface area contributed by atoms with Gasteiger partial charge in [-0.2, -0.15) is 11.8 Å². The minimum absolute atomic E-state index is 0.178. The van der Waals surface area contributed by atoms with Gasteiger partial charge >= 0.3 is 6.03 Å². The molecule has 1 fully saturated rings. The van der Waals surface area contributed by atoms with Crippen molar-refractivity contribution in [3.05, 3.63) is 35.4 Å². The molecule has 0 spiro atoms. The summed E-state index contributed by atoms with van der Waals surface area (Å²) in [5.74, 6) is 0.319.